The van der Waals surface area contributed by atoms with Gasteiger partial charge in [0.25, 0.3) is 0 Å². The van der Waals surface area contributed by atoms with Crippen molar-refractivity contribution in [1.82, 2.24) is 19.5 Å². The standard InChI is InChI=1S/C16H12F6N4OS2/c1-3-29(27)11-4-8(15(17,18)19)6-23-12(11)14-25-10-5-9(28-16(20,21)22)7-24-13(10)26(14)2/h4-7H,3H2,1-2H3. The highest BCUT2D eigenvalue weighted by atomic mass is 32.2. The summed E-state index contributed by atoms with van der Waals surface area (Å²) in [4.78, 5) is 11.6. The fraction of sp³-hybridized carbons (Fsp3) is 0.312. The number of rotatable bonds is 4. The molecule has 0 aliphatic rings. The number of aryl methyl sites for hydroxylation is 1. The van der Waals surface area contributed by atoms with Gasteiger partial charge in [0, 0.05) is 30.1 Å². The molecule has 3 heterocycles. The number of halogens is 6. The maximum atomic E-state index is 13.0. The van der Waals surface area contributed by atoms with Gasteiger partial charge in [-0.15, -0.1) is 0 Å². The third-order valence-electron chi connectivity index (χ3n) is 3.82. The second-order valence-electron chi connectivity index (χ2n) is 5.76. The van der Waals surface area contributed by atoms with E-state index >= 15 is 0 Å². The van der Waals surface area contributed by atoms with Crippen molar-refractivity contribution in [2.45, 2.75) is 28.4 Å². The molecule has 0 N–H and O–H groups in total. The number of fused-ring (bicyclic) bond motifs is 1. The maximum Gasteiger partial charge on any atom is 0.446 e. The van der Waals surface area contributed by atoms with Crippen molar-refractivity contribution in [2.75, 3.05) is 5.75 Å². The van der Waals surface area contributed by atoms with Crippen LogP contribution in [0.5, 0.6) is 0 Å². The summed E-state index contributed by atoms with van der Waals surface area (Å²) in [7, 11) is -0.292. The Balaban J connectivity index is 2.17. The number of thioether (sulfide) groups is 1. The van der Waals surface area contributed by atoms with Crippen molar-refractivity contribution < 1.29 is 30.6 Å². The molecule has 0 bridgehead atoms. The summed E-state index contributed by atoms with van der Waals surface area (Å²) in [5, 5.41) is 0. The second kappa shape index (κ2) is 7.59. The Morgan fingerprint density at radius 2 is 1.79 bits per heavy atom. The molecule has 0 aromatic carbocycles. The Bertz CT molecular complexity index is 1090. The van der Waals surface area contributed by atoms with E-state index in [0.29, 0.717) is 6.20 Å². The number of aromatic nitrogens is 4. The molecule has 3 rings (SSSR count). The summed E-state index contributed by atoms with van der Waals surface area (Å²) in [6.45, 7) is 1.54. The summed E-state index contributed by atoms with van der Waals surface area (Å²) in [6, 6.07) is 1.92. The molecule has 0 amide bonds. The van der Waals surface area contributed by atoms with Gasteiger partial charge in [0.15, 0.2) is 11.5 Å². The number of alkyl halides is 6. The van der Waals surface area contributed by atoms with E-state index < -0.39 is 28.0 Å². The zero-order chi connectivity index (χ0) is 21.6. The number of hydrogen-bond acceptors (Lipinski definition) is 5. The molecule has 0 radical (unpaired) electrons. The van der Waals surface area contributed by atoms with Crippen LogP contribution in [0.1, 0.15) is 12.5 Å². The summed E-state index contributed by atoms with van der Waals surface area (Å²) in [5.74, 6) is 0.0945. The molecule has 0 spiro atoms. The lowest BCUT2D eigenvalue weighted by molar-refractivity contribution is -0.138. The molecule has 0 saturated heterocycles. The largest absolute Gasteiger partial charge is 0.446 e. The summed E-state index contributed by atoms with van der Waals surface area (Å²) >= 11 is -0.358. The highest BCUT2D eigenvalue weighted by Crippen LogP contribution is 2.38. The van der Waals surface area contributed by atoms with Crippen LogP contribution in [0.4, 0.5) is 26.3 Å². The summed E-state index contributed by atoms with van der Waals surface area (Å²) in [6.07, 6.45) is -3.05. The number of pyridine rings is 2. The van der Waals surface area contributed by atoms with Gasteiger partial charge in [-0.05, 0) is 23.9 Å². The molecule has 0 aliphatic carbocycles. The molecule has 0 fully saturated rings. The molecule has 1 unspecified atom stereocenters. The lowest BCUT2D eigenvalue weighted by Gasteiger charge is -2.12. The van der Waals surface area contributed by atoms with Gasteiger partial charge in [0.2, 0.25) is 0 Å². The van der Waals surface area contributed by atoms with Crippen molar-refractivity contribution in [3.05, 3.63) is 30.1 Å². The van der Waals surface area contributed by atoms with Crippen LogP contribution in [-0.2, 0) is 24.0 Å². The smallest absolute Gasteiger partial charge is 0.310 e. The van der Waals surface area contributed by atoms with Gasteiger partial charge in [-0.25, -0.2) is 9.97 Å². The first-order valence-electron chi connectivity index (χ1n) is 7.95. The van der Waals surface area contributed by atoms with Gasteiger partial charge in [-0.3, -0.25) is 9.19 Å². The summed E-state index contributed by atoms with van der Waals surface area (Å²) < 4.78 is 90.6. The van der Waals surface area contributed by atoms with Gasteiger partial charge < -0.3 is 4.57 Å². The average molecular weight is 454 g/mol. The molecule has 13 heteroatoms. The predicted molar refractivity (Wildman–Crippen MR) is 95.6 cm³/mol. The Hall–Kier alpha value is -2.15. The highest BCUT2D eigenvalue weighted by Gasteiger charge is 2.33. The van der Waals surface area contributed by atoms with E-state index in [1.807, 2.05) is 0 Å². The van der Waals surface area contributed by atoms with Gasteiger partial charge >= 0.3 is 11.7 Å². The second-order valence-corrected chi connectivity index (χ2v) is 8.61. The van der Waals surface area contributed by atoms with Crippen LogP contribution < -0.4 is 0 Å². The average Bonchev–Trinajstić information content (AvgIpc) is 2.94. The number of hydrogen-bond donors (Lipinski definition) is 0. The molecule has 5 nitrogen and oxygen atoms in total. The van der Waals surface area contributed by atoms with E-state index in [4.69, 9.17) is 0 Å². The molecule has 1 atom stereocenters. The molecule has 0 aliphatic heterocycles. The first-order chi connectivity index (χ1) is 13.4. The fourth-order valence-electron chi connectivity index (χ4n) is 2.56. The van der Waals surface area contributed by atoms with Crippen molar-refractivity contribution in [1.29, 1.82) is 0 Å². The molecule has 0 saturated carbocycles. The topological polar surface area (TPSA) is 60.7 Å². The minimum atomic E-state index is -4.67. The lowest BCUT2D eigenvalue weighted by Crippen LogP contribution is -2.10. The third kappa shape index (κ3) is 4.55. The van der Waals surface area contributed by atoms with Crippen LogP contribution in [0.25, 0.3) is 22.7 Å². The van der Waals surface area contributed by atoms with Crippen molar-refractivity contribution in [2.24, 2.45) is 7.05 Å². The molecular weight excluding hydrogens is 442 g/mol. The van der Waals surface area contributed by atoms with E-state index in [-0.39, 0.29) is 50.0 Å². The predicted octanol–water partition coefficient (Wildman–Crippen LogP) is 4.79. The third-order valence-corrected chi connectivity index (χ3v) is 5.83. The quantitative estimate of drug-likeness (QED) is 0.419. The molecule has 3 aromatic heterocycles. The molecule has 29 heavy (non-hydrogen) atoms. The number of nitrogens with zero attached hydrogens (tertiary/aromatic N) is 4. The van der Waals surface area contributed by atoms with E-state index in [9.17, 15) is 30.6 Å². The van der Waals surface area contributed by atoms with Gasteiger partial charge in [-0.2, -0.15) is 26.3 Å². The van der Waals surface area contributed by atoms with Crippen LogP contribution >= 0.6 is 11.8 Å². The van der Waals surface area contributed by atoms with Gasteiger partial charge in [0.1, 0.15) is 11.2 Å². The Kier molecular flexibility index (Phi) is 5.64. The van der Waals surface area contributed by atoms with Crippen LogP contribution in [0, 0.1) is 0 Å². The Morgan fingerprint density at radius 3 is 2.38 bits per heavy atom. The molecular formula is C16H12F6N4OS2. The van der Waals surface area contributed by atoms with E-state index in [1.54, 1.807) is 0 Å². The maximum absolute atomic E-state index is 13.0. The molecule has 3 aromatic rings. The minimum Gasteiger partial charge on any atom is -0.310 e. The van der Waals surface area contributed by atoms with Crippen molar-refractivity contribution in [3.63, 3.8) is 0 Å². The highest BCUT2D eigenvalue weighted by molar-refractivity contribution is 8.00. The lowest BCUT2D eigenvalue weighted by atomic mass is 10.2. The van der Waals surface area contributed by atoms with E-state index in [1.165, 1.54) is 24.6 Å². The van der Waals surface area contributed by atoms with Gasteiger partial charge in [0.05, 0.1) is 21.3 Å². The van der Waals surface area contributed by atoms with Gasteiger partial charge in [-0.1, -0.05) is 6.92 Å². The van der Waals surface area contributed by atoms with E-state index in [2.05, 4.69) is 15.0 Å². The number of imidazole rings is 1. The van der Waals surface area contributed by atoms with E-state index in [0.717, 1.165) is 12.3 Å². The zero-order valence-corrected chi connectivity index (χ0v) is 16.4. The van der Waals surface area contributed by atoms with Crippen molar-refractivity contribution in [3.8, 4) is 11.5 Å². The van der Waals surface area contributed by atoms with Crippen LogP contribution in [0.3, 0.4) is 0 Å². The van der Waals surface area contributed by atoms with Crippen LogP contribution in [0.2, 0.25) is 0 Å². The van der Waals surface area contributed by atoms with Crippen LogP contribution in [-0.4, -0.2) is 35.0 Å². The summed E-state index contributed by atoms with van der Waals surface area (Å²) in [5.41, 5.74) is -5.30. The van der Waals surface area contributed by atoms with Crippen LogP contribution in [0.15, 0.2) is 34.3 Å². The zero-order valence-electron chi connectivity index (χ0n) is 14.8. The van der Waals surface area contributed by atoms with Crippen molar-refractivity contribution >= 4 is 33.7 Å². The normalized spacial score (nSPS) is 13.8. The Morgan fingerprint density at radius 1 is 1.10 bits per heavy atom. The SMILES string of the molecule is CCS(=O)c1cc(C(F)(F)F)cnc1-c1nc2cc(SC(F)(F)F)cnc2n1C. The first-order valence-corrected chi connectivity index (χ1v) is 10.1. The first kappa shape index (κ1) is 21.6. The Labute approximate surface area is 167 Å². The monoisotopic (exact) mass is 454 g/mol. The minimum absolute atomic E-state index is 0.0462. The molecule has 156 valence electrons. The fourth-order valence-corrected chi connectivity index (χ4v) is 4.03.